The maximum absolute atomic E-state index is 5.87. The highest BCUT2D eigenvalue weighted by Crippen LogP contribution is 2.27. The summed E-state index contributed by atoms with van der Waals surface area (Å²) in [5.41, 5.74) is 0.167. The van der Waals surface area contributed by atoms with Crippen molar-refractivity contribution in [3.05, 3.63) is 0 Å². The number of nitrogens with one attached hydrogen (secondary N) is 1. The fourth-order valence-electron chi connectivity index (χ4n) is 1.95. The molecule has 2 heteroatoms. The van der Waals surface area contributed by atoms with Crippen LogP contribution in [0.5, 0.6) is 0 Å². The van der Waals surface area contributed by atoms with Gasteiger partial charge in [-0.1, -0.05) is 13.8 Å². The van der Waals surface area contributed by atoms with Crippen LogP contribution in [0.25, 0.3) is 0 Å². The molecule has 0 amide bonds. The van der Waals surface area contributed by atoms with Crippen LogP contribution in [0.3, 0.4) is 0 Å². The quantitative estimate of drug-likeness (QED) is 0.727. The Kier molecular flexibility index (Phi) is 3.74. The molecule has 78 valence electrons. The highest BCUT2D eigenvalue weighted by Gasteiger charge is 2.34. The summed E-state index contributed by atoms with van der Waals surface area (Å²) in [5.74, 6) is 0.745. The standard InChI is InChI=1S/C11H23NO/c1-5-11(3,12-4)10-7-6-9(2)8-13-10/h9-10,12H,5-8H2,1-4H3. The monoisotopic (exact) mass is 185 g/mol. The first-order chi connectivity index (χ1) is 6.12. The van der Waals surface area contributed by atoms with Gasteiger partial charge in [-0.25, -0.2) is 0 Å². The van der Waals surface area contributed by atoms with Gasteiger partial charge in [-0.3, -0.25) is 0 Å². The molecule has 0 radical (unpaired) electrons. The highest BCUT2D eigenvalue weighted by molar-refractivity contribution is 4.91. The van der Waals surface area contributed by atoms with E-state index in [9.17, 15) is 0 Å². The van der Waals surface area contributed by atoms with E-state index in [1.807, 2.05) is 7.05 Å². The Balaban J connectivity index is 2.51. The minimum atomic E-state index is 0.167. The molecule has 13 heavy (non-hydrogen) atoms. The van der Waals surface area contributed by atoms with Crippen LogP contribution in [-0.2, 0) is 4.74 Å². The zero-order valence-corrected chi connectivity index (χ0v) is 9.39. The van der Waals surface area contributed by atoms with E-state index in [0.717, 1.165) is 18.9 Å². The summed E-state index contributed by atoms with van der Waals surface area (Å²) in [6.07, 6.45) is 4.04. The Morgan fingerprint density at radius 2 is 2.15 bits per heavy atom. The SMILES string of the molecule is CCC(C)(NC)C1CCC(C)CO1. The number of rotatable bonds is 3. The Hall–Kier alpha value is -0.0800. The van der Waals surface area contributed by atoms with E-state index in [4.69, 9.17) is 4.74 Å². The number of likely N-dealkylation sites (N-methyl/N-ethyl adjacent to an activating group) is 1. The normalized spacial score (nSPS) is 34.2. The molecule has 3 atom stereocenters. The second kappa shape index (κ2) is 4.43. The minimum absolute atomic E-state index is 0.167. The largest absolute Gasteiger partial charge is 0.376 e. The Labute approximate surface area is 82.0 Å². The molecule has 2 nitrogen and oxygen atoms in total. The summed E-state index contributed by atoms with van der Waals surface area (Å²) < 4.78 is 5.87. The summed E-state index contributed by atoms with van der Waals surface area (Å²) >= 11 is 0. The molecule has 1 N–H and O–H groups in total. The van der Waals surface area contributed by atoms with Crippen LogP contribution in [0.15, 0.2) is 0 Å². The molecule has 1 rings (SSSR count). The Bertz CT molecular complexity index is 146. The molecule has 1 heterocycles. The maximum Gasteiger partial charge on any atom is 0.0753 e. The lowest BCUT2D eigenvalue weighted by molar-refractivity contribution is -0.0586. The first-order valence-corrected chi connectivity index (χ1v) is 5.43. The van der Waals surface area contributed by atoms with Gasteiger partial charge < -0.3 is 10.1 Å². The predicted molar refractivity (Wildman–Crippen MR) is 55.9 cm³/mol. The molecule has 1 saturated heterocycles. The summed E-state index contributed by atoms with van der Waals surface area (Å²) in [6, 6.07) is 0. The average Bonchev–Trinajstić information content (AvgIpc) is 2.18. The Morgan fingerprint density at radius 3 is 2.54 bits per heavy atom. The maximum atomic E-state index is 5.87. The topological polar surface area (TPSA) is 21.3 Å². The van der Waals surface area contributed by atoms with Gasteiger partial charge in [-0.05, 0) is 39.2 Å². The molecule has 0 aliphatic carbocycles. The van der Waals surface area contributed by atoms with Gasteiger partial charge in [0.1, 0.15) is 0 Å². The van der Waals surface area contributed by atoms with E-state index in [2.05, 4.69) is 26.1 Å². The molecular formula is C11H23NO. The molecule has 3 unspecified atom stereocenters. The summed E-state index contributed by atoms with van der Waals surface area (Å²) in [7, 11) is 2.03. The van der Waals surface area contributed by atoms with Crippen molar-refractivity contribution in [1.29, 1.82) is 0 Å². The van der Waals surface area contributed by atoms with E-state index < -0.39 is 0 Å². The van der Waals surface area contributed by atoms with Crippen LogP contribution in [0, 0.1) is 5.92 Å². The van der Waals surface area contributed by atoms with E-state index in [0.29, 0.717) is 6.10 Å². The van der Waals surface area contributed by atoms with Crippen molar-refractivity contribution in [3.63, 3.8) is 0 Å². The number of hydrogen-bond acceptors (Lipinski definition) is 2. The third-order valence-electron chi connectivity index (χ3n) is 3.52. The Morgan fingerprint density at radius 1 is 1.46 bits per heavy atom. The van der Waals surface area contributed by atoms with Crippen molar-refractivity contribution in [2.75, 3.05) is 13.7 Å². The van der Waals surface area contributed by atoms with E-state index in [-0.39, 0.29) is 5.54 Å². The van der Waals surface area contributed by atoms with Gasteiger partial charge >= 0.3 is 0 Å². The second-order valence-electron chi connectivity index (χ2n) is 4.53. The fraction of sp³-hybridized carbons (Fsp3) is 1.00. The van der Waals surface area contributed by atoms with E-state index in [1.165, 1.54) is 12.8 Å². The van der Waals surface area contributed by atoms with Crippen LogP contribution in [0.4, 0.5) is 0 Å². The predicted octanol–water partition coefficient (Wildman–Crippen LogP) is 2.19. The van der Waals surface area contributed by atoms with Gasteiger partial charge in [0.25, 0.3) is 0 Å². The lowest BCUT2D eigenvalue weighted by Gasteiger charge is -2.40. The van der Waals surface area contributed by atoms with Crippen molar-refractivity contribution in [1.82, 2.24) is 5.32 Å². The molecule has 1 fully saturated rings. The van der Waals surface area contributed by atoms with Crippen molar-refractivity contribution < 1.29 is 4.74 Å². The summed E-state index contributed by atoms with van der Waals surface area (Å²) in [4.78, 5) is 0. The molecule has 0 saturated carbocycles. The van der Waals surface area contributed by atoms with Crippen LogP contribution >= 0.6 is 0 Å². The molecule has 0 aromatic carbocycles. The van der Waals surface area contributed by atoms with Crippen molar-refractivity contribution >= 4 is 0 Å². The van der Waals surface area contributed by atoms with E-state index in [1.54, 1.807) is 0 Å². The molecule has 0 spiro atoms. The lowest BCUT2D eigenvalue weighted by Crippen LogP contribution is -2.52. The van der Waals surface area contributed by atoms with Gasteiger partial charge in [0, 0.05) is 12.1 Å². The summed E-state index contributed by atoms with van der Waals surface area (Å²) in [5, 5.41) is 3.39. The molecule has 0 aromatic heterocycles. The number of ether oxygens (including phenoxy) is 1. The second-order valence-corrected chi connectivity index (χ2v) is 4.53. The van der Waals surface area contributed by atoms with Crippen LogP contribution < -0.4 is 5.32 Å². The minimum Gasteiger partial charge on any atom is -0.376 e. The average molecular weight is 185 g/mol. The van der Waals surface area contributed by atoms with Crippen molar-refractivity contribution in [3.8, 4) is 0 Å². The third-order valence-corrected chi connectivity index (χ3v) is 3.52. The fourth-order valence-corrected chi connectivity index (χ4v) is 1.95. The third kappa shape index (κ3) is 2.44. The molecule has 0 bridgehead atoms. The smallest absolute Gasteiger partial charge is 0.0753 e. The molecule has 1 aliphatic rings. The molecule has 1 aliphatic heterocycles. The van der Waals surface area contributed by atoms with E-state index >= 15 is 0 Å². The summed E-state index contributed by atoms with van der Waals surface area (Å²) in [6.45, 7) is 7.67. The molecule has 0 aromatic rings. The first-order valence-electron chi connectivity index (χ1n) is 5.43. The van der Waals surface area contributed by atoms with Gasteiger partial charge in [-0.15, -0.1) is 0 Å². The lowest BCUT2D eigenvalue weighted by atomic mass is 9.85. The number of hydrogen-bond donors (Lipinski definition) is 1. The first kappa shape index (κ1) is 11.0. The zero-order chi connectivity index (χ0) is 9.90. The van der Waals surface area contributed by atoms with Crippen molar-refractivity contribution in [2.24, 2.45) is 5.92 Å². The zero-order valence-electron chi connectivity index (χ0n) is 9.39. The van der Waals surface area contributed by atoms with Gasteiger partial charge in [0.05, 0.1) is 6.10 Å². The highest BCUT2D eigenvalue weighted by atomic mass is 16.5. The van der Waals surface area contributed by atoms with Gasteiger partial charge in [0.15, 0.2) is 0 Å². The van der Waals surface area contributed by atoms with Crippen molar-refractivity contribution in [2.45, 2.75) is 51.7 Å². The van der Waals surface area contributed by atoms with Gasteiger partial charge in [0.2, 0.25) is 0 Å². The van der Waals surface area contributed by atoms with Crippen LogP contribution in [0.1, 0.15) is 40.0 Å². The van der Waals surface area contributed by atoms with Gasteiger partial charge in [-0.2, -0.15) is 0 Å². The van der Waals surface area contributed by atoms with Crippen LogP contribution in [-0.4, -0.2) is 25.3 Å². The molecular weight excluding hydrogens is 162 g/mol. The van der Waals surface area contributed by atoms with Crippen LogP contribution in [0.2, 0.25) is 0 Å².